The highest BCUT2D eigenvalue weighted by molar-refractivity contribution is 6.30. The van der Waals surface area contributed by atoms with Crippen LogP contribution in [-0.4, -0.2) is 19.1 Å². The molecular formula is C16H17ClN2O2. The van der Waals surface area contributed by atoms with Gasteiger partial charge in [-0.3, -0.25) is 4.79 Å². The highest BCUT2D eigenvalue weighted by atomic mass is 35.5. The Balaban J connectivity index is 1.90. The number of carbonyl (C=O) groups excluding carboxylic acids is 1. The fourth-order valence-corrected chi connectivity index (χ4v) is 2.06. The molecule has 0 bridgehead atoms. The molecule has 0 saturated carbocycles. The van der Waals surface area contributed by atoms with Crippen LogP contribution in [0.25, 0.3) is 0 Å². The Kier molecular flexibility index (Phi) is 5.60. The summed E-state index contributed by atoms with van der Waals surface area (Å²) in [6, 6.07) is 14.4. The summed E-state index contributed by atoms with van der Waals surface area (Å²) in [6.45, 7) is 0.943. The van der Waals surface area contributed by atoms with Crippen molar-refractivity contribution in [3.8, 4) is 5.75 Å². The summed E-state index contributed by atoms with van der Waals surface area (Å²) in [7, 11) is 0. The Bertz CT molecular complexity index is 599. The molecule has 0 aromatic heterocycles. The predicted molar refractivity (Wildman–Crippen MR) is 84.8 cm³/mol. The predicted octanol–water partition coefficient (Wildman–Crippen LogP) is 2.86. The van der Waals surface area contributed by atoms with Crippen molar-refractivity contribution in [1.82, 2.24) is 0 Å². The number of benzene rings is 2. The standard InChI is InChI=1S/C16H17ClN2O2/c17-13-3-1-2-12(10-13)11-16(20)19-14-4-6-15(7-5-14)21-9-8-18/h1-7,10H,8-9,11,18H2,(H,19,20). The van der Waals surface area contributed by atoms with Gasteiger partial charge in [-0.1, -0.05) is 23.7 Å². The lowest BCUT2D eigenvalue weighted by Gasteiger charge is -2.08. The zero-order chi connectivity index (χ0) is 15.1. The molecule has 0 saturated heterocycles. The number of nitrogens with one attached hydrogen (secondary N) is 1. The second-order valence-corrected chi connectivity index (χ2v) is 4.95. The molecule has 110 valence electrons. The fourth-order valence-electron chi connectivity index (χ4n) is 1.85. The third-order valence-electron chi connectivity index (χ3n) is 2.78. The van der Waals surface area contributed by atoms with Crippen LogP contribution < -0.4 is 15.8 Å². The number of anilines is 1. The number of halogens is 1. The van der Waals surface area contributed by atoms with Gasteiger partial charge in [0, 0.05) is 17.3 Å². The van der Waals surface area contributed by atoms with Crippen LogP contribution in [0.15, 0.2) is 48.5 Å². The molecule has 0 atom stereocenters. The summed E-state index contributed by atoms with van der Waals surface area (Å²) in [4.78, 5) is 11.9. The number of nitrogens with two attached hydrogens (primary N) is 1. The maximum absolute atomic E-state index is 11.9. The van der Waals surface area contributed by atoms with Crippen molar-refractivity contribution in [1.29, 1.82) is 0 Å². The van der Waals surface area contributed by atoms with Gasteiger partial charge in [-0.2, -0.15) is 0 Å². The van der Waals surface area contributed by atoms with Crippen molar-refractivity contribution < 1.29 is 9.53 Å². The monoisotopic (exact) mass is 304 g/mol. The van der Waals surface area contributed by atoms with Gasteiger partial charge in [0.15, 0.2) is 0 Å². The average molecular weight is 305 g/mol. The number of hydrogen-bond acceptors (Lipinski definition) is 3. The third kappa shape index (κ3) is 5.10. The summed E-state index contributed by atoms with van der Waals surface area (Å²) in [6.07, 6.45) is 0.284. The molecule has 2 aromatic carbocycles. The van der Waals surface area contributed by atoms with Crippen molar-refractivity contribution in [3.05, 3.63) is 59.1 Å². The van der Waals surface area contributed by atoms with E-state index in [4.69, 9.17) is 22.1 Å². The van der Waals surface area contributed by atoms with Crippen molar-refractivity contribution in [2.24, 2.45) is 5.73 Å². The van der Waals surface area contributed by atoms with Gasteiger partial charge >= 0.3 is 0 Å². The molecule has 0 fully saturated rings. The zero-order valence-electron chi connectivity index (χ0n) is 11.5. The Hall–Kier alpha value is -2.04. The minimum atomic E-state index is -0.0899. The van der Waals surface area contributed by atoms with Gasteiger partial charge in [-0.05, 0) is 42.0 Å². The first-order valence-corrected chi connectivity index (χ1v) is 7.02. The van der Waals surface area contributed by atoms with Crippen molar-refractivity contribution in [3.63, 3.8) is 0 Å². The summed E-state index contributed by atoms with van der Waals surface area (Å²) in [5.74, 6) is 0.640. The molecule has 0 heterocycles. The lowest BCUT2D eigenvalue weighted by molar-refractivity contribution is -0.115. The molecule has 0 aliphatic carbocycles. The van der Waals surface area contributed by atoms with Crippen LogP contribution >= 0.6 is 11.6 Å². The first kappa shape index (κ1) is 15.4. The first-order chi connectivity index (χ1) is 10.2. The summed E-state index contributed by atoms with van der Waals surface area (Å²) in [5.41, 5.74) is 6.97. The molecule has 5 heteroatoms. The number of rotatable bonds is 6. The van der Waals surface area contributed by atoms with Crippen molar-refractivity contribution in [2.45, 2.75) is 6.42 Å². The summed E-state index contributed by atoms with van der Waals surface area (Å²) < 4.78 is 5.37. The van der Waals surface area contributed by atoms with Gasteiger partial charge in [0.05, 0.1) is 6.42 Å². The maximum Gasteiger partial charge on any atom is 0.228 e. The minimum Gasteiger partial charge on any atom is -0.492 e. The van der Waals surface area contributed by atoms with E-state index in [0.29, 0.717) is 18.2 Å². The quantitative estimate of drug-likeness (QED) is 0.862. The summed E-state index contributed by atoms with van der Waals surface area (Å²) in [5, 5.41) is 3.46. The fraction of sp³-hybridized carbons (Fsp3) is 0.188. The molecule has 2 aromatic rings. The van der Waals surface area contributed by atoms with Gasteiger partial charge in [-0.15, -0.1) is 0 Å². The first-order valence-electron chi connectivity index (χ1n) is 6.64. The topological polar surface area (TPSA) is 64.3 Å². The van der Waals surface area contributed by atoms with Crippen LogP contribution in [0.2, 0.25) is 5.02 Å². The minimum absolute atomic E-state index is 0.0899. The van der Waals surface area contributed by atoms with E-state index in [-0.39, 0.29) is 12.3 Å². The second kappa shape index (κ2) is 7.67. The summed E-state index contributed by atoms with van der Waals surface area (Å²) >= 11 is 5.89. The third-order valence-corrected chi connectivity index (χ3v) is 3.01. The maximum atomic E-state index is 11.9. The second-order valence-electron chi connectivity index (χ2n) is 4.52. The van der Waals surface area contributed by atoms with Crippen molar-refractivity contribution in [2.75, 3.05) is 18.5 Å². The van der Waals surface area contributed by atoms with E-state index in [2.05, 4.69) is 5.32 Å². The molecule has 0 radical (unpaired) electrons. The normalized spacial score (nSPS) is 10.2. The number of carbonyl (C=O) groups is 1. The highest BCUT2D eigenvalue weighted by Gasteiger charge is 2.05. The van der Waals surface area contributed by atoms with E-state index in [1.807, 2.05) is 12.1 Å². The lowest BCUT2D eigenvalue weighted by Crippen LogP contribution is -2.14. The molecule has 3 N–H and O–H groups in total. The van der Waals surface area contributed by atoms with E-state index in [1.165, 1.54) is 0 Å². The van der Waals surface area contributed by atoms with Crippen LogP contribution in [0.3, 0.4) is 0 Å². The highest BCUT2D eigenvalue weighted by Crippen LogP contribution is 2.16. The molecule has 0 unspecified atom stereocenters. The Morgan fingerprint density at radius 1 is 1.19 bits per heavy atom. The molecule has 21 heavy (non-hydrogen) atoms. The van der Waals surface area contributed by atoms with Gasteiger partial charge in [0.1, 0.15) is 12.4 Å². The molecular weight excluding hydrogens is 288 g/mol. The van der Waals surface area contributed by atoms with Crippen LogP contribution in [0.4, 0.5) is 5.69 Å². The lowest BCUT2D eigenvalue weighted by atomic mass is 10.1. The van der Waals surface area contributed by atoms with E-state index in [0.717, 1.165) is 17.0 Å². The Morgan fingerprint density at radius 3 is 2.62 bits per heavy atom. The largest absolute Gasteiger partial charge is 0.492 e. The van der Waals surface area contributed by atoms with Gasteiger partial charge in [-0.25, -0.2) is 0 Å². The Morgan fingerprint density at radius 2 is 1.95 bits per heavy atom. The average Bonchev–Trinajstić information content (AvgIpc) is 2.46. The van der Waals surface area contributed by atoms with E-state index in [9.17, 15) is 4.79 Å². The molecule has 0 aliphatic rings. The Labute approximate surface area is 128 Å². The van der Waals surface area contributed by atoms with E-state index in [1.54, 1.807) is 36.4 Å². The van der Waals surface area contributed by atoms with E-state index >= 15 is 0 Å². The van der Waals surface area contributed by atoms with Gasteiger partial charge in [0.25, 0.3) is 0 Å². The van der Waals surface area contributed by atoms with Crippen LogP contribution in [0.1, 0.15) is 5.56 Å². The molecule has 1 amide bonds. The van der Waals surface area contributed by atoms with Gasteiger partial charge < -0.3 is 15.8 Å². The van der Waals surface area contributed by atoms with E-state index < -0.39 is 0 Å². The molecule has 2 rings (SSSR count). The SMILES string of the molecule is NCCOc1ccc(NC(=O)Cc2cccc(Cl)c2)cc1. The molecule has 0 spiro atoms. The van der Waals surface area contributed by atoms with Gasteiger partial charge in [0.2, 0.25) is 5.91 Å². The van der Waals surface area contributed by atoms with Crippen molar-refractivity contribution >= 4 is 23.2 Å². The van der Waals surface area contributed by atoms with Crippen LogP contribution in [0.5, 0.6) is 5.75 Å². The smallest absolute Gasteiger partial charge is 0.228 e. The molecule has 0 aliphatic heterocycles. The zero-order valence-corrected chi connectivity index (χ0v) is 12.3. The number of hydrogen-bond donors (Lipinski definition) is 2. The molecule has 4 nitrogen and oxygen atoms in total. The number of ether oxygens (including phenoxy) is 1. The number of amides is 1. The van der Waals surface area contributed by atoms with Crippen LogP contribution in [0, 0.1) is 0 Å². The van der Waals surface area contributed by atoms with Crippen LogP contribution in [-0.2, 0) is 11.2 Å².